The fourth-order valence-electron chi connectivity index (χ4n) is 1.40. The Labute approximate surface area is 111 Å². The van der Waals surface area contributed by atoms with Gasteiger partial charge in [-0.3, -0.25) is 4.79 Å². The number of esters is 1. The van der Waals surface area contributed by atoms with Crippen molar-refractivity contribution in [1.29, 1.82) is 0 Å². The Kier molecular flexibility index (Phi) is 1.03. The second kappa shape index (κ2) is 4.28. The van der Waals surface area contributed by atoms with Crippen LogP contribution in [0.5, 0.6) is 0 Å². The molecule has 1 aromatic heterocycles. The quantitative estimate of drug-likeness (QED) is 0.743. The predicted octanol–water partition coefficient (Wildman–Crippen LogP) is 1.47. The number of carbonyl (C=O) groups excluding carboxylic acids is 1. The number of aromatic nitrogens is 2. The van der Waals surface area contributed by atoms with Gasteiger partial charge in [-0.1, -0.05) is 6.85 Å². The Bertz CT molecular complexity index is 769. The van der Waals surface area contributed by atoms with Crippen LogP contribution >= 0.6 is 0 Å². The zero-order chi connectivity index (χ0) is 21.2. The van der Waals surface area contributed by atoms with Crippen LogP contribution < -0.4 is 0 Å². The largest absolute Gasteiger partial charge is 0.465 e. The number of imidazole rings is 1. The minimum atomic E-state index is -3.08. The lowest BCUT2D eigenvalue weighted by Gasteiger charge is -2.13. The smallest absolute Gasteiger partial charge is 0.309 e. The van der Waals surface area contributed by atoms with E-state index in [4.69, 9.17) is 15.1 Å². The van der Waals surface area contributed by atoms with Crippen molar-refractivity contribution >= 4 is 5.97 Å². The summed E-state index contributed by atoms with van der Waals surface area (Å²) in [5, 5.41) is 0. The number of carbonyl (C=O) groups is 1. The highest BCUT2D eigenvalue weighted by molar-refractivity contribution is 5.74. The van der Waals surface area contributed by atoms with Crippen LogP contribution in [-0.2, 0) is 22.9 Å². The third-order valence-corrected chi connectivity index (χ3v) is 2.34. The molecule has 4 nitrogen and oxygen atoms in total. The fraction of sp³-hybridized carbons (Fsp3) is 0.667. The van der Waals surface area contributed by atoms with Crippen molar-refractivity contribution in [1.82, 2.24) is 9.55 Å². The average molecular weight is 233 g/mol. The first kappa shape index (κ1) is 3.86. The number of aryl methyl sites for hydroxylation is 1. The van der Waals surface area contributed by atoms with Crippen LogP contribution in [0.15, 0.2) is 6.17 Å². The number of nitrogens with zero attached hydrogens (tertiary/aromatic N) is 2. The maximum Gasteiger partial charge on any atom is 0.309 e. The van der Waals surface area contributed by atoms with Crippen molar-refractivity contribution in [2.75, 3.05) is 6.56 Å². The molecule has 1 aliphatic rings. The molecule has 0 N–H and O–H groups in total. The average Bonchev–Trinajstić information content (AvgIpc) is 2.74. The molecule has 1 saturated heterocycles. The van der Waals surface area contributed by atoms with Crippen LogP contribution in [0.1, 0.15) is 39.9 Å². The van der Waals surface area contributed by atoms with Crippen molar-refractivity contribution in [2.24, 2.45) is 18.8 Å². The minimum absolute atomic E-state index is 0.101. The lowest BCUT2D eigenvalue weighted by atomic mass is 9.89. The molecule has 0 unspecified atom stereocenters. The fourth-order valence-corrected chi connectivity index (χ4v) is 1.40. The molecule has 1 fully saturated rings. The highest BCUT2D eigenvalue weighted by Gasteiger charge is 2.35. The zero-order valence-corrected chi connectivity index (χ0v) is 8.63. The molecule has 2 rings (SSSR count). The second-order valence-corrected chi connectivity index (χ2v) is 3.36. The highest BCUT2D eigenvalue weighted by atomic mass is 16.5. The first-order valence-corrected chi connectivity index (χ1v) is 4.64. The maximum atomic E-state index is 12.2. The molecule has 1 aromatic rings. The van der Waals surface area contributed by atoms with E-state index in [1.807, 2.05) is 0 Å². The van der Waals surface area contributed by atoms with E-state index in [9.17, 15) is 4.79 Å². The summed E-state index contributed by atoms with van der Waals surface area (Å²) in [5.74, 6) is -7.29. The SMILES string of the molecule is [2H]c1nc(C)n(C([2H])([2H])[2H])c1C[C@@]1([2H])C([2H])([2H])OC(=O)[C@@]1([2H])CC([2H])([2H])[2H]. The molecule has 0 bridgehead atoms. The molecule has 0 amide bonds. The van der Waals surface area contributed by atoms with Crippen LogP contribution in [0.4, 0.5) is 0 Å². The third-order valence-electron chi connectivity index (χ3n) is 2.34. The van der Waals surface area contributed by atoms with Gasteiger partial charge in [0.1, 0.15) is 5.82 Å². The zero-order valence-electron chi connectivity index (χ0n) is 19.6. The topological polar surface area (TPSA) is 44.1 Å². The standard InChI is InChI=1S/C12H18N2O2/c1-4-11-9(7-16-12(11)15)5-10-6-13-8(2)14(10)3/h6,9,11H,4-5,7H2,1-3H3/t9-,11-/m0/s1/i1D3,3D3,6D,7D2,9D,11D. The van der Waals surface area contributed by atoms with Gasteiger partial charge in [0, 0.05) is 35.7 Å². The van der Waals surface area contributed by atoms with Crippen LogP contribution in [0.3, 0.4) is 0 Å². The van der Waals surface area contributed by atoms with E-state index in [-0.39, 0.29) is 5.82 Å². The van der Waals surface area contributed by atoms with E-state index in [0.29, 0.717) is 4.57 Å². The number of hydrogen-bond donors (Lipinski definition) is 0. The molecule has 0 radical (unpaired) electrons. The summed E-state index contributed by atoms with van der Waals surface area (Å²) in [4.78, 5) is 15.9. The Morgan fingerprint density at radius 3 is 3.56 bits per heavy atom. The summed E-state index contributed by atoms with van der Waals surface area (Å²) < 4.78 is 90.4. The highest BCUT2D eigenvalue weighted by Crippen LogP contribution is 2.28. The van der Waals surface area contributed by atoms with E-state index in [0.717, 1.165) is 0 Å². The Balaban J connectivity index is 2.66. The van der Waals surface area contributed by atoms with Gasteiger partial charge in [0.2, 0.25) is 0 Å². The molecule has 0 aliphatic carbocycles. The molecule has 0 aromatic carbocycles. The minimum Gasteiger partial charge on any atom is -0.465 e. The van der Waals surface area contributed by atoms with Gasteiger partial charge in [-0.15, -0.1) is 0 Å². The van der Waals surface area contributed by atoms with E-state index < -0.39 is 62.9 Å². The first-order valence-electron chi connectivity index (χ1n) is 10.1. The van der Waals surface area contributed by atoms with Crippen molar-refractivity contribution in [3.8, 4) is 0 Å². The molecule has 1 aliphatic heterocycles. The van der Waals surface area contributed by atoms with Crippen molar-refractivity contribution in [3.63, 3.8) is 0 Å². The van der Waals surface area contributed by atoms with Crippen LogP contribution in [-0.4, -0.2) is 22.1 Å². The number of rotatable bonds is 3. The van der Waals surface area contributed by atoms with Gasteiger partial charge in [0.15, 0.2) is 0 Å². The van der Waals surface area contributed by atoms with E-state index >= 15 is 0 Å². The van der Waals surface area contributed by atoms with Gasteiger partial charge >= 0.3 is 5.97 Å². The number of hydrogen-bond acceptors (Lipinski definition) is 3. The third kappa shape index (κ3) is 1.84. The summed E-state index contributed by atoms with van der Waals surface area (Å²) in [7, 11) is 0. The molecule has 88 valence electrons. The molecule has 4 heteroatoms. The van der Waals surface area contributed by atoms with Crippen LogP contribution in [0, 0.1) is 18.7 Å². The maximum absolute atomic E-state index is 12.2. The number of ether oxygens (including phenoxy) is 1. The predicted molar refractivity (Wildman–Crippen MR) is 59.9 cm³/mol. The molecule has 2 heterocycles. The molecule has 0 saturated carbocycles. The number of cyclic esters (lactones) is 1. The van der Waals surface area contributed by atoms with Gasteiger partial charge in [-0.05, 0) is 19.8 Å². The van der Waals surface area contributed by atoms with Gasteiger partial charge in [0.25, 0.3) is 0 Å². The monoisotopic (exact) mass is 233 g/mol. The Morgan fingerprint density at radius 1 is 1.94 bits per heavy atom. The van der Waals surface area contributed by atoms with E-state index in [1.165, 1.54) is 6.92 Å². The second-order valence-electron chi connectivity index (χ2n) is 3.36. The van der Waals surface area contributed by atoms with Crippen molar-refractivity contribution in [2.45, 2.75) is 26.6 Å². The van der Waals surface area contributed by atoms with E-state index in [2.05, 4.69) is 9.72 Å². The Morgan fingerprint density at radius 2 is 2.81 bits per heavy atom. The van der Waals surface area contributed by atoms with Crippen molar-refractivity contribution in [3.05, 3.63) is 17.7 Å². The normalized spacial score (nSPS) is 48.8. The van der Waals surface area contributed by atoms with E-state index in [1.54, 1.807) is 0 Å². The lowest BCUT2D eigenvalue weighted by Crippen LogP contribution is -2.18. The molecular weight excluding hydrogens is 204 g/mol. The summed E-state index contributed by atoms with van der Waals surface area (Å²) in [6.07, 6.45) is -2.67. The molecule has 2 atom stereocenters. The molecule has 0 spiro atoms. The molecular formula is C12H18N2O2. The summed E-state index contributed by atoms with van der Waals surface area (Å²) >= 11 is 0. The van der Waals surface area contributed by atoms with Gasteiger partial charge in [0.05, 0.1) is 16.6 Å². The molecule has 16 heavy (non-hydrogen) atoms. The van der Waals surface area contributed by atoms with Crippen LogP contribution in [0.25, 0.3) is 0 Å². The summed E-state index contributed by atoms with van der Waals surface area (Å²) in [5.41, 5.74) is -0.410. The summed E-state index contributed by atoms with van der Waals surface area (Å²) in [6, 6.07) is 0. The van der Waals surface area contributed by atoms with Gasteiger partial charge < -0.3 is 9.30 Å². The summed E-state index contributed by atoms with van der Waals surface area (Å²) in [6.45, 7) is -7.45. The van der Waals surface area contributed by atoms with Gasteiger partial charge in [-0.25, -0.2) is 4.98 Å². The Hall–Kier alpha value is -1.32. The van der Waals surface area contributed by atoms with Gasteiger partial charge in [-0.2, -0.15) is 0 Å². The van der Waals surface area contributed by atoms with Crippen molar-refractivity contribution < 1.29 is 24.6 Å². The first-order chi connectivity index (χ1) is 11.9. The lowest BCUT2D eigenvalue weighted by molar-refractivity contribution is -0.141. The van der Waals surface area contributed by atoms with Crippen LogP contribution in [0.2, 0.25) is 0 Å².